The monoisotopic (exact) mass is 347 g/mol. The van der Waals surface area contributed by atoms with E-state index in [1.54, 1.807) is 62.4 Å². The van der Waals surface area contributed by atoms with Gasteiger partial charge in [0.2, 0.25) is 0 Å². The lowest BCUT2D eigenvalue weighted by atomic mass is 10.1. The third-order valence-electron chi connectivity index (χ3n) is 3.18. The van der Waals surface area contributed by atoms with Crippen molar-refractivity contribution in [1.29, 1.82) is 0 Å². The Hall–Kier alpha value is -2.53. The Morgan fingerprint density at radius 2 is 1.79 bits per heavy atom. The van der Waals surface area contributed by atoms with Crippen molar-refractivity contribution in [1.82, 2.24) is 0 Å². The van der Waals surface area contributed by atoms with Crippen LogP contribution in [0.15, 0.2) is 48.5 Å². The normalized spacial score (nSPS) is 11.5. The number of anilines is 1. The van der Waals surface area contributed by atoms with Crippen LogP contribution in [0.3, 0.4) is 0 Å². The first-order valence-corrected chi connectivity index (χ1v) is 7.88. The van der Waals surface area contributed by atoms with Gasteiger partial charge < -0.3 is 14.8 Å². The molecule has 0 radical (unpaired) electrons. The lowest BCUT2D eigenvalue weighted by molar-refractivity contribution is -0.122. The number of para-hydroxylation sites is 1. The van der Waals surface area contributed by atoms with Crippen LogP contribution >= 0.6 is 11.6 Å². The first-order chi connectivity index (χ1) is 11.5. The van der Waals surface area contributed by atoms with E-state index in [1.807, 2.05) is 0 Å². The molecule has 0 aliphatic heterocycles. The van der Waals surface area contributed by atoms with Crippen LogP contribution in [0.1, 0.15) is 24.2 Å². The maximum absolute atomic E-state index is 12.3. The number of amides is 1. The van der Waals surface area contributed by atoms with E-state index in [9.17, 15) is 9.59 Å². The zero-order chi connectivity index (χ0) is 17.5. The second-order valence-electron chi connectivity index (χ2n) is 4.97. The van der Waals surface area contributed by atoms with Gasteiger partial charge in [0.1, 0.15) is 5.75 Å². The smallest absolute Gasteiger partial charge is 0.340 e. The average molecular weight is 348 g/mol. The van der Waals surface area contributed by atoms with E-state index in [-0.39, 0.29) is 12.5 Å². The van der Waals surface area contributed by atoms with Gasteiger partial charge in [-0.25, -0.2) is 4.79 Å². The van der Waals surface area contributed by atoms with Gasteiger partial charge in [0, 0.05) is 5.02 Å². The number of ether oxygens (including phenoxy) is 2. The zero-order valence-corrected chi connectivity index (χ0v) is 14.2. The summed E-state index contributed by atoms with van der Waals surface area (Å²) in [7, 11) is 0. The molecule has 0 saturated carbocycles. The SMILES string of the molecule is CCOC(=O)c1ccccc1NC(=O)[C@@H](C)Oc1ccc(Cl)cc1. The molecule has 126 valence electrons. The number of hydrogen-bond donors (Lipinski definition) is 1. The molecule has 1 amide bonds. The van der Waals surface area contributed by atoms with Crippen LogP contribution in [0.25, 0.3) is 0 Å². The fourth-order valence-corrected chi connectivity index (χ4v) is 2.11. The van der Waals surface area contributed by atoms with E-state index in [2.05, 4.69) is 5.32 Å². The molecule has 2 aromatic carbocycles. The summed E-state index contributed by atoms with van der Waals surface area (Å²) in [4.78, 5) is 24.2. The van der Waals surface area contributed by atoms with Crippen molar-refractivity contribution in [2.75, 3.05) is 11.9 Å². The number of nitrogens with one attached hydrogen (secondary N) is 1. The van der Waals surface area contributed by atoms with E-state index in [4.69, 9.17) is 21.1 Å². The summed E-state index contributed by atoms with van der Waals surface area (Å²) < 4.78 is 10.5. The van der Waals surface area contributed by atoms with Gasteiger partial charge in [-0.2, -0.15) is 0 Å². The Balaban J connectivity index is 2.06. The number of hydrogen-bond acceptors (Lipinski definition) is 4. The summed E-state index contributed by atoms with van der Waals surface area (Å²) in [6.07, 6.45) is -0.749. The summed E-state index contributed by atoms with van der Waals surface area (Å²) in [5.41, 5.74) is 0.680. The highest BCUT2D eigenvalue weighted by Gasteiger charge is 2.18. The molecule has 0 aliphatic rings. The van der Waals surface area contributed by atoms with E-state index in [0.29, 0.717) is 22.0 Å². The molecule has 1 atom stereocenters. The van der Waals surface area contributed by atoms with Gasteiger partial charge in [0.05, 0.1) is 17.9 Å². The zero-order valence-electron chi connectivity index (χ0n) is 13.4. The molecule has 0 heterocycles. The van der Waals surface area contributed by atoms with Crippen LogP contribution in [-0.4, -0.2) is 24.6 Å². The molecule has 0 aromatic heterocycles. The van der Waals surface area contributed by atoms with E-state index < -0.39 is 12.1 Å². The number of esters is 1. The summed E-state index contributed by atoms with van der Waals surface area (Å²) in [6.45, 7) is 3.61. The van der Waals surface area contributed by atoms with Crippen molar-refractivity contribution in [3.8, 4) is 5.75 Å². The number of benzene rings is 2. The highest BCUT2D eigenvalue weighted by atomic mass is 35.5. The number of halogens is 1. The van der Waals surface area contributed by atoms with Gasteiger partial charge in [0.15, 0.2) is 6.10 Å². The summed E-state index contributed by atoms with van der Waals surface area (Å²) >= 11 is 5.81. The van der Waals surface area contributed by atoms with Crippen molar-refractivity contribution >= 4 is 29.2 Å². The predicted molar refractivity (Wildman–Crippen MR) is 92.6 cm³/mol. The Labute approximate surface area is 145 Å². The molecule has 2 rings (SSSR count). The van der Waals surface area contributed by atoms with E-state index >= 15 is 0 Å². The Morgan fingerprint density at radius 1 is 1.12 bits per heavy atom. The minimum Gasteiger partial charge on any atom is -0.481 e. The van der Waals surface area contributed by atoms with Crippen molar-refractivity contribution < 1.29 is 19.1 Å². The van der Waals surface area contributed by atoms with Gasteiger partial charge in [-0.1, -0.05) is 23.7 Å². The maximum atomic E-state index is 12.3. The topological polar surface area (TPSA) is 64.6 Å². The first kappa shape index (κ1) is 17.8. The van der Waals surface area contributed by atoms with E-state index in [1.165, 1.54) is 0 Å². The molecule has 1 N–H and O–H groups in total. The van der Waals surface area contributed by atoms with Gasteiger partial charge >= 0.3 is 5.97 Å². The summed E-state index contributed by atoms with van der Waals surface area (Å²) in [5, 5.41) is 3.28. The molecule has 0 aliphatic carbocycles. The average Bonchev–Trinajstić information content (AvgIpc) is 2.57. The maximum Gasteiger partial charge on any atom is 0.340 e. The highest BCUT2D eigenvalue weighted by Crippen LogP contribution is 2.19. The third kappa shape index (κ3) is 4.73. The second kappa shape index (κ2) is 8.36. The van der Waals surface area contributed by atoms with Gasteiger partial charge in [-0.15, -0.1) is 0 Å². The molecule has 6 heteroatoms. The van der Waals surface area contributed by atoms with Crippen molar-refractivity contribution in [2.24, 2.45) is 0 Å². The molecule has 0 unspecified atom stereocenters. The van der Waals surface area contributed by atoms with Crippen molar-refractivity contribution in [3.63, 3.8) is 0 Å². The standard InChI is InChI=1S/C18H18ClNO4/c1-3-23-18(22)15-6-4-5-7-16(15)20-17(21)12(2)24-14-10-8-13(19)9-11-14/h4-12H,3H2,1-2H3,(H,20,21)/t12-/m1/s1. The van der Waals surface area contributed by atoms with Crippen LogP contribution < -0.4 is 10.1 Å². The molecule has 5 nitrogen and oxygen atoms in total. The fourth-order valence-electron chi connectivity index (χ4n) is 1.98. The molecule has 2 aromatic rings. The minimum atomic E-state index is -0.749. The van der Waals surface area contributed by atoms with Crippen LogP contribution in [0.2, 0.25) is 5.02 Å². The lowest BCUT2D eigenvalue weighted by Gasteiger charge is -2.16. The minimum absolute atomic E-state index is 0.261. The second-order valence-corrected chi connectivity index (χ2v) is 5.41. The summed E-state index contributed by atoms with van der Waals surface area (Å²) in [6, 6.07) is 13.4. The van der Waals surface area contributed by atoms with Crippen molar-refractivity contribution in [2.45, 2.75) is 20.0 Å². The number of rotatable bonds is 6. The third-order valence-corrected chi connectivity index (χ3v) is 3.43. The summed E-state index contributed by atoms with van der Waals surface area (Å²) in [5.74, 6) is -0.331. The quantitative estimate of drug-likeness (QED) is 0.804. The van der Waals surface area contributed by atoms with Gasteiger partial charge in [0.25, 0.3) is 5.91 Å². The molecular weight excluding hydrogens is 330 g/mol. The van der Waals surface area contributed by atoms with Crippen LogP contribution in [0.4, 0.5) is 5.69 Å². The molecule has 0 spiro atoms. The highest BCUT2D eigenvalue weighted by molar-refractivity contribution is 6.30. The van der Waals surface area contributed by atoms with Crippen LogP contribution in [0.5, 0.6) is 5.75 Å². The van der Waals surface area contributed by atoms with Gasteiger partial charge in [-0.3, -0.25) is 4.79 Å². The predicted octanol–water partition coefficient (Wildman–Crippen LogP) is 3.92. The fraction of sp³-hybridized carbons (Fsp3) is 0.222. The van der Waals surface area contributed by atoms with Crippen LogP contribution in [-0.2, 0) is 9.53 Å². The number of carbonyl (C=O) groups excluding carboxylic acids is 2. The first-order valence-electron chi connectivity index (χ1n) is 7.50. The Kier molecular flexibility index (Phi) is 6.21. The Morgan fingerprint density at radius 3 is 2.46 bits per heavy atom. The van der Waals surface area contributed by atoms with Crippen LogP contribution in [0, 0.1) is 0 Å². The van der Waals surface area contributed by atoms with Crippen molar-refractivity contribution in [3.05, 3.63) is 59.1 Å². The molecule has 0 saturated heterocycles. The Bertz CT molecular complexity index is 715. The molecule has 0 bridgehead atoms. The van der Waals surface area contributed by atoms with Gasteiger partial charge in [-0.05, 0) is 50.2 Å². The lowest BCUT2D eigenvalue weighted by Crippen LogP contribution is -2.30. The molecule has 0 fully saturated rings. The largest absolute Gasteiger partial charge is 0.481 e. The molecular formula is C18H18ClNO4. The number of carbonyl (C=O) groups is 2. The molecule has 24 heavy (non-hydrogen) atoms. The van der Waals surface area contributed by atoms with E-state index in [0.717, 1.165) is 0 Å².